The van der Waals surface area contributed by atoms with Crippen LogP contribution in [-0.2, 0) is 4.74 Å². The number of nitrogens with zero attached hydrogens (tertiary/aromatic N) is 1. The van der Waals surface area contributed by atoms with Crippen molar-refractivity contribution in [2.24, 2.45) is 0 Å². The summed E-state index contributed by atoms with van der Waals surface area (Å²) in [5, 5.41) is 11.4. The summed E-state index contributed by atoms with van der Waals surface area (Å²) in [6.07, 6.45) is 0. The molecule has 0 radical (unpaired) electrons. The van der Waals surface area contributed by atoms with Crippen LogP contribution in [0.3, 0.4) is 0 Å². The molecule has 0 aromatic heterocycles. The van der Waals surface area contributed by atoms with Crippen molar-refractivity contribution in [1.82, 2.24) is 0 Å². The van der Waals surface area contributed by atoms with E-state index in [-0.39, 0.29) is 5.91 Å². The van der Waals surface area contributed by atoms with E-state index in [0.29, 0.717) is 22.4 Å². The van der Waals surface area contributed by atoms with Gasteiger partial charge in [-0.15, -0.1) is 0 Å². The summed E-state index contributed by atoms with van der Waals surface area (Å²) in [6, 6.07) is 14.7. The minimum Gasteiger partial charge on any atom is -0.465 e. The van der Waals surface area contributed by atoms with Crippen molar-refractivity contribution >= 4 is 17.6 Å². The Kier molecular flexibility index (Phi) is 4.32. The third-order valence-corrected chi connectivity index (χ3v) is 2.84. The Morgan fingerprint density at radius 3 is 2.10 bits per heavy atom. The van der Waals surface area contributed by atoms with Gasteiger partial charge in [0.05, 0.1) is 24.3 Å². The summed E-state index contributed by atoms with van der Waals surface area (Å²) in [4.78, 5) is 23.3. The molecule has 0 unspecified atom stereocenters. The van der Waals surface area contributed by atoms with Crippen molar-refractivity contribution < 1.29 is 14.3 Å². The molecule has 0 aliphatic rings. The minimum absolute atomic E-state index is 0.287. The summed E-state index contributed by atoms with van der Waals surface area (Å²) < 4.78 is 4.60. The summed E-state index contributed by atoms with van der Waals surface area (Å²) in [5.41, 5.74) is 1.92. The number of esters is 1. The normalized spacial score (nSPS) is 9.52. The van der Waals surface area contributed by atoms with Crippen LogP contribution in [0, 0.1) is 11.3 Å². The Labute approximate surface area is 121 Å². The van der Waals surface area contributed by atoms with Crippen LogP contribution in [-0.4, -0.2) is 19.0 Å². The van der Waals surface area contributed by atoms with E-state index in [1.165, 1.54) is 7.11 Å². The molecule has 2 aromatic rings. The summed E-state index contributed by atoms with van der Waals surface area (Å²) in [6.45, 7) is 0. The quantitative estimate of drug-likeness (QED) is 0.876. The first kappa shape index (κ1) is 14.3. The molecule has 0 saturated heterocycles. The van der Waals surface area contributed by atoms with E-state index >= 15 is 0 Å². The molecular weight excluding hydrogens is 268 g/mol. The van der Waals surface area contributed by atoms with E-state index in [0.717, 1.165) is 0 Å². The fourth-order valence-electron chi connectivity index (χ4n) is 1.71. The number of hydrogen-bond acceptors (Lipinski definition) is 4. The smallest absolute Gasteiger partial charge is 0.337 e. The Morgan fingerprint density at radius 1 is 1.00 bits per heavy atom. The molecule has 0 saturated carbocycles. The molecule has 0 aliphatic carbocycles. The summed E-state index contributed by atoms with van der Waals surface area (Å²) >= 11 is 0. The van der Waals surface area contributed by atoms with Crippen molar-refractivity contribution in [1.29, 1.82) is 5.26 Å². The number of nitrogens with one attached hydrogen (secondary N) is 1. The molecule has 0 aliphatic heterocycles. The molecule has 0 heterocycles. The van der Waals surface area contributed by atoms with Crippen molar-refractivity contribution in [3.8, 4) is 6.07 Å². The predicted octanol–water partition coefficient (Wildman–Crippen LogP) is 2.60. The van der Waals surface area contributed by atoms with Crippen LogP contribution >= 0.6 is 0 Å². The number of ether oxygens (including phenoxy) is 1. The van der Waals surface area contributed by atoms with Crippen LogP contribution in [0.5, 0.6) is 0 Å². The zero-order valence-corrected chi connectivity index (χ0v) is 11.3. The summed E-state index contributed by atoms with van der Waals surface area (Å²) in [7, 11) is 1.31. The number of carbonyl (C=O) groups is 2. The van der Waals surface area contributed by atoms with Gasteiger partial charge in [-0.1, -0.05) is 0 Å². The number of carbonyl (C=O) groups excluding carboxylic acids is 2. The lowest BCUT2D eigenvalue weighted by atomic mass is 10.1. The Hall–Kier alpha value is -3.13. The van der Waals surface area contributed by atoms with Gasteiger partial charge >= 0.3 is 5.97 Å². The van der Waals surface area contributed by atoms with E-state index in [2.05, 4.69) is 10.1 Å². The maximum atomic E-state index is 12.0. The lowest BCUT2D eigenvalue weighted by molar-refractivity contribution is 0.0600. The van der Waals surface area contributed by atoms with Crippen LogP contribution in [0.4, 0.5) is 5.69 Å². The lowest BCUT2D eigenvalue weighted by Gasteiger charge is -2.06. The zero-order chi connectivity index (χ0) is 15.2. The van der Waals surface area contributed by atoms with Crippen molar-refractivity contribution in [2.45, 2.75) is 0 Å². The second-order valence-electron chi connectivity index (χ2n) is 4.21. The van der Waals surface area contributed by atoms with Gasteiger partial charge in [-0.25, -0.2) is 4.79 Å². The van der Waals surface area contributed by atoms with Gasteiger partial charge in [0.2, 0.25) is 0 Å². The maximum absolute atomic E-state index is 12.0. The third kappa shape index (κ3) is 3.45. The molecule has 2 aromatic carbocycles. The van der Waals surface area contributed by atoms with Gasteiger partial charge in [0.15, 0.2) is 0 Å². The first-order chi connectivity index (χ1) is 10.1. The molecule has 2 rings (SSSR count). The number of rotatable bonds is 3. The molecular formula is C16H12N2O3. The number of amides is 1. The van der Waals surface area contributed by atoms with Gasteiger partial charge in [0.1, 0.15) is 0 Å². The predicted molar refractivity (Wildman–Crippen MR) is 76.9 cm³/mol. The van der Waals surface area contributed by atoms with Crippen LogP contribution in [0.1, 0.15) is 26.3 Å². The SMILES string of the molecule is COC(=O)c1ccc(NC(=O)c2ccc(C#N)cc2)cc1. The van der Waals surface area contributed by atoms with Crippen molar-refractivity contribution in [2.75, 3.05) is 12.4 Å². The molecule has 0 fully saturated rings. The highest BCUT2D eigenvalue weighted by Gasteiger charge is 2.08. The molecule has 1 N–H and O–H groups in total. The molecule has 5 heteroatoms. The average Bonchev–Trinajstić information content (AvgIpc) is 2.55. The molecule has 0 atom stereocenters. The monoisotopic (exact) mass is 280 g/mol. The zero-order valence-electron chi connectivity index (χ0n) is 11.3. The highest BCUT2D eigenvalue weighted by molar-refractivity contribution is 6.04. The van der Waals surface area contributed by atoms with Gasteiger partial charge in [-0.05, 0) is 48.5 Å². The number of methoxy groups -OCH3 is 1. The molecule has 1 amide bonds. The van der Waals surface area contributed by atoms with Gasteiger partial charge in [-0.3, -0.25) is 4.79 Å². The molecule has 0 bridgehead atoms. The fourth-order valence-corrected chi connectivity index (χ4v) is 1.71. The van der Waals surface area contributed by atoms with Crippen LogP contribution in [0.2, 0.25) is 0 Å². The minimum atomic E-state index is -0.431. The topological polar surface area (TPSA) is 79.2 Å². The average molecular weight is 280 g/mol. The Balaban J connectivity index is 2.08. The number of hydrogen-bond donors (Lipinski definition) is 1. The van der Waals surface area contributed by atoms with E-state index in [1.807, 2.05) is 6.07 Å². The molecule has 5 nitrogen and oxygen atoms in total. The first-order valence-electron chi connectivity index (χ1n) is 6.14. The standard InChI is InChI=1S/C16H12N2O3/c1-21-16(20)13-6-8-14(9-7-13)18-15(19)12-4-2-11(10-17)3-5-12/h2-9H,1H3,(H,18,19). The Bertz CT molecular complexity index is 698. The lowest BCUT2D eigenvalue weighted by Crippen LogP contribution is -2.12. The van der Waals surface area contributed by atoms with Crippen molar-refractivity contribution in [3.05, 3.63) is 65.2 Å². The highest BCUT2D eigenvalue weighted by Crippen LogP contribution is 2.12. The number of anilines is 1. The molecule has 0 spiro atoms. The third-order valence-electron chi connectivity index (χ3n) is 2.84. The summed E-state index contributed by atoms with van der Waals surface area (Å²) in [5.74, 6) is -0.717. The second kappa shape index (κ2) is 6.35. The number of benzene rings is 2. The first-order valence-corrected chi connectivity index (χ1v) is 6.14. The maximum Gasteiger partial charge on any atom is 0.337 e. The van der Waals surface area contributed by atoms with Crippen molar-refractivity contribution in [3.63, 3.8) is 0 Å². The van der Waals surface area contributed by atoms with E-state index in [9.17, 15) is 9.59 Å². The highest BCUT2D eigenvalue weighted by atomic mass is 16.5. The fraction of sp³-hybridized carbons (Fsp3) is 0.0625. The molecule has 21 heavy (non-hydrogen) atoms. The van der Waals surface area contributed by atoms with E-state index < -0.39 is 5.97 Å². The Morgan fingerprint density at radius 2 is 1.57 bits per heavy atom. The van der Waals surface area contributed by atoms with Crippen LogP contribution in [0.25, 0.3) is 0 Å². The largest absolute Gasteiger partial charge is 0.465 e. The van der Waals surface area contributed by atoms with Crippen LogP contribution in [0.15, 0.2) is 48.5 Å². The van der Waals surface area contributed by atoms with Gasteiger partial charge < -0.3 is 10.1 Å². The second-order valence-corrected chi connectivity index (χ2v) is 4.21. The van der Waals surface area contributed by atoms with E-state index in [4.69, 9.17) is 5.26 Å². The van der Waals surface area contributed by atoms with Gasteiger partial charge in [0, 0.05) is 11.3 Å². The number of nitriles is 1. The molecule has 104 valence electrons. The van der Waals surface area contributed by atoms with Gasteiger partial charge in [0.25, 0.3) is 5.91 Å². The van der Waals surface area contributed by atoms with E-state index in [1.54, 1.807) is 48.5 Å². The van der Waals surface area contributed by atoms with Crippen LogP contribution < -0.4 is 5.32 Å². The van der Waals surface area contributed by atoms with Gasteiger partial charge in [-0.2, -0.15) is 5.26 Å².